The van der Waals surface area contributed by atoms with E-state index >= 15 is 0 Å². The molecule has 1 aromatic heterocycles. The van der Waals surface area contributed by atoms with Crippen LogP contribution in [-0.2, 0) is 0 Å². The van der Waals surface area contributed by atoms with Crippen LogP contribution in [0.15, 0.2) is 24.4 Å². The van der Waals surface area contributed by atoms with Crippen LogP contribution in [-0.4, -0.2) is 23.2 Å². The highest BCUT2D eigenvalue weighted by Crippen LogP contribution is 2.31. The van der Waals surface area contributed by atoms with E-state index in [2.05, 4.69) is 4.98 Å². The molecule has 1 aromatic carbocycles. The predicted octanol–water partition coefficient (Wildman–Crippen LogP) is 1.52. The lowest BCUT2D eigenvalue weighted by molar-refractivity contribution is 0.0698. The second-order valence-electron chi connectivity index (χ2n) is 3.24. The summed E-state index contributed by atoms with van der Waals surface area (Å²) in [6.45, 7) is 0. The SMILES string of the molecule is COc1cc(C(=O)O)c(N)c2cccnc12. The van der Waals surface area contributed by atoms with Crippen LogP contribution in [0.1, 0.15) is 10.4 Å². The highest BCUT2D eigenvalue weighted by atomic mass is 16.5. The van der Waals surface area contributed by atoms with E-state index in [0.717, 1.165) is 0 Å². The highest BCUT2D eigenvalue weighted by Gasteiger charge is 2.15. The molecule has 0 atom stereocenters. The Labute approximate surface area is 91.5 Å². The van der Waals surface area contributed by atoms with E-state index in [-0.39, 0.29) is 11.3 Å². The Hall–Kier alpha value is -2.30. The van der Waals surface area contributed by atoms with Gasteiger partial charge in [0.2, 0.25) is 0 Å². The molecule has 82 valence electrons. The molecule has 0 saturated heterocycles. The number of fused-ring (bicyclic) bond motifs is 1. The quantitative estimate of drug-likeness (QED) is 0.746. The minimum absolute atomic E-state index is 0.0253. The van der Waals surface area contributed by atoms with Crippen molar-refractivity contribution >= 4 is 22.6 Å². The smallest absolute Gasteiger partial charge is 0.337 e. The van der Waals surface area contributed by atoms with Crippen LogP contribution in [0.3, 0.4) is 0 Å². The van der Waals surface area contributed by atoms with Gasteiger partial charge in [0.25, 0.3) is 0 Å². The number of pyridine rings is 1. The molecule has 0 fully saturated rings. The number of nitrogens with zero attached hydrogens (tertiary/aromatic N) is 1. The van der Waals surface area contributed by atoms with Crippen LogP contribution < -0.4 is 10.5 Å². The molecule has 0 bridgehead atoms. The summed E-state index contributed by atoms with van der Waals surface area (Å²) in [5, 5.41) is 9.57. The Morgan fingerprint density at radius 1 is 1.56 bits per heavy atom. The zero-order valence-corrected chi connectivity index (χ0v) is 8.60. The Bertz CT molecular complexity index is 566. The summed E-state index contributed by atoms with van der Waals surface area (Å²) in [6.07, 6.45) is 1.60. The van der Waals surface area contributed by atoms with Gasteiger partial charge in [-0.05, 0) is 18.2 Å². The van der Waals surface area contributed by atoms with Crippen LogP contribution in [0.4, 0.5) is 5.69 Å². The molecule has 0 unspecified atom stereocenters. The van der Waals surface area contributed by atoms with E-state index in [9.17, 15) is 4.79 Å². The van der Waals surface area contributed by atoms with E-state index in [4.69, 9.17) is 15.6 Å². The maximum Gasteiger partial charge on any atom is 0.337 e. The summed E-state index contributed by atoms with van der Waals surface area (Å²) in [5.41, 5.74) is 6.56. The molecule has 2 aromatic rings. The van der Waals surface area contributed by atoms with E-state index in [1.165, 1.54) is 13.2 Å². The molecule has 16 heavy (non-hydrogen) atoms. The van der Waals surface area contributed by atoms with Gasteiger partial charge in [0.05, 0.1) is 18.4 Å². The Balaban J connectivity index is 2.88. The van der Waals surface area contributed by atoms with Crippen molar-refractivity contribution in [2.24, 2.45) is 0 Å². The predicted molar refractivity (Wildman–Crippen MR) is 59.7 cm³/mol. The third kappa shape index (κ3) is 1.42. The molecular formula is C11H10N2O3. The van der Waals surface area contributed by atoms with Crippen LogP contribution >= 0.6 is 0 Å². The fourth-order valence-electron chi connectivity index (χ4n) is 1.57. The number of carboxylic acids is 1. The molecule has 0 spiro atoms. The lowest BCUT2D eigenvalue weighted by atomic mass is 10.1. The van der Waals surface area contributed by atoms with Gasteiger partial charge >= 0.3 is 5.97 Å². The Morgan fingerprint density at radius 2 is 2.31 bits per heavy atom. The number of nitrogen functional groups attached to an aromatic ring is 1. The number of aromatic carboxylic acids is 1. The van der Waals surface area contributed by atoms with E-state index in [1.54, 1.807) is 18.3 Å². The summed E-state index contributed by atoms with van der Waals surface area (Å²) in [4.78, 5) is 15.1. The molecule has 0 aliphatic heterocycles. The second kappa shape index (κ2) is 3.69. The van der Waals surface area contributed by atoms with Gasteiger partial charge in [-0.2, -0.15) is 0 Å². The number of nitrogens with two attached hydrogens (primary N) is 1. The Morgan fingerprint density at radius 3 is 2.94 bits per heavy atom. The first kappa shape index (κ1) is 10.2. The van der Waals surface area contributed by atoms with Gasteiger partial charge in [0, 0.05) is 11.6 Å². The molecule has 1 heterocycles. The minimum Gasteiger partial charge on any atom is -0.494 e. The number of ether oxygens (including phenoxy) is 1. The highest BCUT2D eigenvalue weighted by molar-refractivity contribution is 6.06. The molecule has 2 rings (SSSR count). The lowest BCUT2D eigenvalue weighted by Crippen LogP contribution is -2.04. The number of benzene rings is 1. The number of aromatic nitrogens is 1. The van der Waals surface area contributed by atoms with Gasteiger partial charge < -0.3 is 15.6 Å². The largest absolute Gasteiger partial charge is 0.494 e. The van der Waals surface area contributed by atoms with Gasteiger partial charge in [-0.25, -0.2) is 4.79 Å². The topological polar surface area (TPSA) is 85.4 Å². The molecule has 0 aliphatic carbocycles. The maximum atomic E-state index is 11.0. The first-order valence-corrected chi connectivity index (χ1v) is 4.59. The number of methoxy groups -OCH3 is 1. The van der Waals surface area contributed by atoms with Crippen molar-refractivity contribution < 1.29 is 14.6 Å². The first-order valence-electron chi connectivity index (χ1n) is 4.59. The molecule has 0 aliphatic rings. The number of carbonyl (C=O) groups is 1. The standard InChI is InChI=1S/C11H10N2O3/c1-16-8-5-7(11(14)15)9(12)6-3-2-4-13-10(6)8/h2-5H,12H2,1H3,(H,14,15). The fourth-order valence-corrected chi connectivity index (χ4v) is 1.57. The second-order valence-corrected chi connectivity index (χ2v) is 3.24. The Kier molecular flexibility index (Phi) is 2.36. The number of hydrogen-bond acceptors (Lipinski definition) is 4. The lowest BCUT2D eigenvalue weighted by Gasteiger charge is -2.09. The maximum absolute atomic E-state index is 11.0. The normalized spacial score (nSPS) is 10.3. The third-order valence-corrected chi connectivity index (χ3v) is 2.35. The van der Waals surface area contributed by atoms with Crippen LogP contribution in [0.2, 0.25) is 0 Å². The minimum atomic E-state index is -1.08. The average Bonchev–Trinajstić information content (AvgIpc) is 2.29. The van der Waals surface area contributed by atoms with Gasteiger partial charge in [-0.15, -0.1) is 0 Å². The third-order valence-electron chi connectivity index (χ3n) is 2.35. The summed E-state index contributed by atoms with van der Waals surface area (Å²) in [6, 6.07) is 4.80. The van der Waals surface area contributed by atoms with E-state index in [1.807, 2.05) is 0 Å². The molecule has 0 radical (unpaired) electrons. The number of hydrogen-bond donors (Lipinski definition) is 2. The van der Waals surface area contributed by atoms with Crippen LogP contribution in [0.25, 0.3) is 10.9 Å². The van der Waals surface area contributed by atoms with Crippen molar-refractivity contribution in [1.82, 2.24) is 4.98 Å². The van der Waals surface area contributed by atoms with Crippen LogP contribution in [0, 0.1) is 0 Å². The van der Waals surface area contributed by atoms with Crippen molar-refractivity contribution in [3.63, 3.8) is 0 Å². The number of carboxylic acid groups (broad SMARTS) is 1. The molecule has 3 N–H and O–H groups in total. The van der Waals surface area contributed by atoms with Crippen LogP contribution in [0.5, 0.6) is 5.75 Å². The van der Waals surface area contributed by atoms with E-state index < -0.39 is 5.97 Å². The molecular weight excluding hydrogens is 208 g/mol. The summed E-state index contributed by atoms with van der Waals surface area (Å²) in [5.74, 6) is -0.677. The van der Waals surface area contributed by atoms with Gasteiger partial charge in [0.15, 0.2) is 0 Å². The van der Waals surface area contributed by atoms with Crippen molar-refractivity contribution in [2.45, 2.75) is 0 Å². The fraction of sp³-hybridized carbons (Fsp3) is 0.0909. The monoisotopic (exact) mass is 218 g/mol. The molecule has 0 saturated carbocycles. The molecule has 0 amide bonds. The van der Waals surface area contributed by atoms with Crippen molar-refractivity contribution in [3.05, 3.63) is 30.0 Å². The summed E-state index contributed by atoms with van der Waals surface area (Å²) in [7, 11) is 1.46. The van der Waals surface area contributed by atoms with Crippen molar-refractivity contribution in [2.75, 3.05) is 12.8 Å². The van der Waals surface area contributed by atoms with Crippen molar-refractivity contribution in [3.8, 4) is 5.75 Å². The van der Waals surface area contributed by atoms with Gasteiger partial charge in [-0.1, -0.05) is 0 Å². The molecule has 5 nitrogen and oxygen atoms in total. The summed E-state index contributed by atoms with van der Waals surface area (Å²) < 4.78 is 5.09. The summed E-state index contributed by atoms with van der Waals surface area (Å²) >= 11 is 0. The zero-order chi connectivity index (χ0) is 11.7. The zero-order valence-electron chi connectivity index (χ0n) is 8.60. The van der Waals surface area contributed by atoms with Crippen molar-refractivity contribution in [1.29, 1.82) is 0 Å². The first-order chi connectivity index (χ1) is 7.65. The number of rotatable bonds is 2. The van der Waals surface area contributed by atoms with E-state index in [0.29, 0.717) is 16.7 Å². The average molecular weight is 218 g/mol. The molecule has 5 heteroatoms. The van der Waals surface area contributed by atoms with Gasteiger partial charge in [-0.3, -0.25) is 4.98 Å². The number of anilines is 1. The van der Waals surface area contributed by atoms with Gasteiger partial charge in [0.1, 0.15) is 11.3 Å².